The van der Waals surface area contributed by atoms with E-state index in [4.69, 9.17) is 30.4 Å². The van der Waals surface area contributed by atoms with Crippen molar-refractivity contribution in [2.24, 2.45) is 11.8 Å². The third-order valence-corrected chi connectivity index (χ3v) is 11.0. The average Bonchev–Trinajstić information content (AvgIpc) is 3.23. The summed E-state index contributed by atoms with van der Waals surface area (Å²) in [6, 6.07) is 19.2. The SMILES string of the molecule is CCCOC1CCC(COc2ccc(/C=C/C(=O)C(O)C(c3ccc(N)cc3N)C(O)C(=O)/C=C/c3ccc(OCC4CCC(OCCC)CC4)cc3)cc2)CC1. The molecule has 6 N–H and O–H groups in total. The van der Waals surface area contributed by atoms with Gasteiger partial charge in [-0.3, -0.25) is 9.59 Å². The van der Waals surface area contributed by atoms with Crippen LogP contribution in [0.15, 0.2) is 78.9 Å². The van der Waals surface area contributed by atoms with Crippen LogP contribution in [-0.2, 0) is 19.1 Å². The Balaban J connectivity index is 1.15. The highest BCUT2D eigenvalue weighted by molar-refractivity contribution is 6.01. The number of aliphatic hydroxyl groups is 2. The Morgan fingerprint density at radius 3 is 1.46 bits per heavy atom. The summed E-state index contributed by atoms with van der Waals surface area (Å²) in [6.07, 6.45) is 13.5. The molecular formula is C47H62N2O8. The highest BCUT2D eigenvalue weighted by atomic mass is 16.5. The lowest BCUT2D eigenvalue weighted by atomic mass is 9.83. The molecule has 0 radical (unpaired) electrons. The molecule has 57 heavy (non-hydrogen) atoms. The van der Waals surface area contributed by atoms with E-state index in [0.717, 1.165) is 100 Å². The average molecular weight is 783 g/mol. The van der Waals surface area contributed by atoms with Crippen LogP contribution in [0.4, 0.5) is 11.4 Å². The van der Waals surface area contributed by atoms with E-state index in [1.54, 1.807) is 18.2 Å². The van der Waals surface area contributed by atoms with Crippen LogP contribution >= 0.6 is 0 Å². The molecule has 3 aromatic carbocycles. The normalized spacial score (nSPS) is 21.6. The number of hydrogen-bond donors (Lipinski definition) is 4. The number of ether oxygens (including phenoxy) is 4. The zero-order valence-electron chi connectivity index (χ0n) is 33.6. The predicted molar refractivity (Wildman–Crippen MR) is 226 cm³/mol. The minimum atomic E-state index is -1.78. The Morgan fingerprint density at radius 1 is 0.649 bits per heavy atom. The van der Waals surface area contributed by atoms with E-state index in [2.05, 4.69) is 13.8 Å². The van der Waals surface area contributed by atoms with Crippen LogP contribution in [0.3, 0.4) is 0 Å². The quantitative estimate of drug-likeness (QED) is 0.0616. The lowest BCUT2D eigenvalue weighted by Gasteiger charge is -2.28. The molecule has 2 unspecified atom stereocenters. The van der Waals surface area contributed by atoms with Crippen molar-refractivity contribution in [3.63, 3.8) is 0 Å². The van der Waals surface area contributed by atoms with E-state index in [9.17, 15) is 19.8 Å². The van der Waals surface area contributed by atoms with Crippen molar-refractivity contribution in [2.45, 2.75) is 108 Å². The number of carbonyl (C=O) groups is 2. The topological polar surface area (TPSA) is 164 Å². The molecule has 0 spiro atoms. The maximum absolute atomic E-state index is 13.4. The summed E-state index contributed by atoms with van der Waals surface area (Å²) < 4.78 is 23.9. The fourth-order valence-electron chi connectivity index (χ4n) is 7.60. The summed E-state index contributed by atoms with van der Waals surface area (Å²) in [5.74, 6) is -0.279. The van der Waals surface area contributed by atoms with Gasteiger partial charge in [0.2, 0.25) is 0 Å². The first-order valence-electron chi connectivity index (χ1n) is 20.8. The van der Waals surface area contributed by atoms with Gasteiger partial charge in [-0.1, -0.05) is 56.3 Å². The van der Waals surface area contributed by atoms with Crippen LogP contribution in [0.25, 0.3) is 12.2 Å². The number of carbonyl (C=O) groups excluding carboxylic acids is 2. The lowest BCUT2D eigenvalue weighted by molar-refractivity contribution is -0.130. The summed E-state index contributed by atoms with van der Waals surface area (Å²) >= 11 is 0. The number of nitrogen functional groups attached to an aromatic ring is 2. The second-order valence-corrected chi connectivity index (χ2v) is 15.6. The third kappa shape index (κ3) is 13.6. The van der Waals surface area contributed by atoms with Crippen LogP contribution in [0.1, 0.15) is 101 Å². The highest BCUT2D eigenvalue weighted by Crippen LogP contribution is 2.33. The third-order valence-electron chi connectivity index (χ3n) is 11.0. The number of ketones is 2. The second-order valence-electron chi connectivity index (χ2n) is 15.6. The van der Waals surface area contributed by atoms with E-state index in [-0.39, 0.29) is 11.3 Å². The van der Waals surface area contributed by atoms with Gasteiger partial charge in [0.05, 0.1) is 31.3 Å². The van der Waals surface area contributed by atoms with E-state index < -0.39 is 29.7 Å². The Hall–Kier alpha value is -4.48. The molecule has 2 aliphatic rings. The molecule has 2 saturated carbocycles. The van der Waals surface area contributed by atoms with Crippen LogP contribution in [0.2, 0.25) is 0 Å². The fourth-order valence-corrected chi connectivity index (χ4v) is 7.60. The van der Waals surface area contributed by atoms with Gasteiger partial charge in [-0.15, -0.1) is 0 Å². The van der Waals surface area contributed by atoms with E-state index in [1.807, 2.05) is 48.5 Å². The zero-order valence-corrected chi connectivity index (χ0v) is 33.6. The van der Waals surface area contributed by atoms with Gasteiger partial charge < -0.3 is 40.6 Å². The van der Waals surface area contributed by atoms with E-state index >= 15 is 0 Å². The van der Waals surface area contributed by atoms with Crippen molar-refractivity contribution in [2.75, 3.05) is 37.9 Å². The first-order chi connectivity index (χ1) is 27.6. The second kappa shape index (κ2) is 22.5. The van der Waals surface area contributed by atoms with Gasteiger partial charge in [0, 0.05) is 24.6 Å². The fraction of sp³-hybridized carbons (Fsp3) is 0.489. The number of hydrogen-bond acceptors (Lipinski definition) is 10. The molecule has 3 aromatic rings. The van der Waals surface area contributed by atoms with Gasteiger partial charge in [-0.25, -0.2) is 0 Å². The maximum Gasteiger partial charge on any atom is 0.184 e. The van der Waals surface area contributed by atoms with Gasteiger partial charge in [-0.05, 0) is 141 Å². The Bertz CT molecular complexity index is 1640. The van der Waals surface area contributed by atoms with Crippen LogP contribution < -0.4 is 20.9 Å². The van der Waals surface area contributed by atoms with Crippen LogP contribution in [0, 0.1) is 11.8 Å². The molecule has 0 heterocycles. The highest BCUT2D eigenvalue weighted by Gasteiger charge is 2.36. The summed E-state index contributed by atoms with van der Waals surface area (Å²) in [6.45, 7) is 7.18. The summed E-state index contributed by atoms with van der Waals surface area (Å²) in [7, 11) is 0. The zero-order chi connectivity index (χ0) is 40.6. The Kier molecular flexibility index (Phi) is 17.2. The molecular weight excluding hydrogens is 721 g/mol. The van der Waals surface area contributed by atoms with Crippen molar-refractivity contribution in [3.8, 4) is 11.5 Å². The number of nitrogens with two attached hydrogens (primary N) is 2. The molecule has 0 saturated heterocycles. The summed E-state index contributed by atoms with van der Waals surface area (Å²) in [4.78, 5) is 26.8. The summed E-state index contributed by atoms with van der Waals surface area (Å²) in [5.41, 5.74) is 14.3. The van der Waals surface area contributed by atoms with Gasteiger partial charge in [0.15, 0.2) is 11.6 Å². The molecule has 0 aliphatic heterocycles. The Labute approximate surface area is 338 Å². The minimum Gasteiger partial charge on any atom is -0.493 e. The molecule has 0 bridgehead atoms. The van der Waals surface area contributed by atoms with Crippen LogP contribution in [0.5, 0.6) is 11.5 Å². The molecule has 308 valence electrons. The lowest BCUT2D eigenvalue weighted by Crippen LogP contribution is -2.39. The molecule has 10 heteroatoms. The molecule has 5 rings (SSSR count). The predicted octanol–water partition coefficient (Wildman–Crippen LogP) is 7.95. The molecule has 2 aliphatic carbocycles. The van der Waals surface area contributed by atoms with Gasteiger partial charge >= 0.3 is 0 Å². The molecule has 10 nitrogen and oxygen atoms in total. The van der Waals surface area contributed by atoms with Crippen molar-refractivity contribution < 1.29 is 38.7 Å². The number of rotatable bonds is 21. The molecule has 0 aromatic heterocycles. The standard InChI is InChI=1S/C47H62N2O8/c1-3-27-54-37-20-9-34(10-21-37)30-56-39-16-5-32(6-17-39)13-25-43(50)46(52)45(41-24-15-36(48)29-42(41)49)47(53)44(51)26-14-33-7-18-40(19-8-33)57-31-35-11-22-38(23-12-35)55-28-4-2/h5-8,13-19,24-26,29,34-35,37-38,45-47,52-53H,3-4,9-12,20-23,27-28,30-31,48-49H2,1-2H3/b25-13+,26-14+. The van der Waals surface area contributed by atoms with E-state index in [1.165, 1.54) is 24.3 Å². The van der Waals surface area contributed by atoms with Gasteiger partial charge in [-0.2, -0.15) is 0 Å². The van der Waals surface area contributed by atoms with Crippen molar-refractivity contribution in [1.29, 1.82) is 0 Å². The Morgan fingerprint density at radius 2 is 1.07 bits per heavy atom. The maximum atomic E-state index is 13.4. The first-order valence-corrected chi connectivity index (χ1v) is 20.8. The number of aliphatic hydroxyl groups excluding tert-OH is 2. The van der Waals surface area contributed by atoms with Gasteiger partial charge in [0.1, 0.15) is 23.7 Å². The van der Waals surface area contributed by atoms with Crippen molar-refractivity contribution in [3.05, 3.63) is 95.6 Å². The van der Waals surface area contributed by atoms with Crippen molar-refractivity contribution >= 4 is 35.1 Å². The number of anilines is 2. The number of benzene rings is 3. The summed E-state index contributed by atoms with van der Waals surface area (Å²) in [5, 5.41) is 22.7. The minimum absolute atomic E-state index is 0.147. The van der Waals surface area contributed by atoms with Gasteiger partial charge in [0.25, 0.3) is 0 Å². The van der Waals surface area contributed by atoms with Crippen LogP contribution in [-0.4, -0.2) is 72.6 Å². The molecule has 0 amide bonds. The molecule has 2 fully saturated rings. The largest absolute Gasteiger partial charge is 0.493 e. The monoisotopic (exact) mass is 782 g/mol. The van der Waals surface area contributed by atoms with Crippen molar-refractivity contribution in [1.82, 2.24) is 0 Å². The molecule has 2 atom stereocenters. The smallest absolute Gasteiger partial charge is 0.184 e. The van der Waals surface area contributed by atoms with E-state index in [0.29, 0.717) is 42.9 Å². The first kappa shape index (κ1) is 43.6.